The molecule has 1 unspecified atom stereocenters. The van der Waals surface area contributed by atoms with E-state index in [-0.39, 0.29) is 23.4 Å². The summed E-state index contributed by atoms with van der Waals surface area (Å²) in [4.78, 5) is 15.0. The molecule has 1 aliphatic heterocycles. The van der Waals surface area contributed by atoms with Gasteiger partial charge in [-0.1, -0.05) is 28.1 Å². The van der Waals surface area contributed by atoms with Crippen molar-refractivity contribution in [1.82, 2.24) is 9.62 Å². The normalized spacial score (nSPS) is 16.7. The zero-order valence-corrected chi connectivity index (χ0v) is 18.5. The quantitative estimate of drug-likeness (QED) is 0.553. The number of carbonyl (C=O) groups is 1. The van der Waals surface area contributed by atoms with Gasteiger partial charge in [-0.15, -0.1) is 0 Å². The summed E-state index contributed by atoms with van der Waals surface area (Å²) in [5, 5.41) is 0. The molecule has 2 heterocycles. The molecule has 1 N–H and O–H groups in total. The highest BCUT2D eigenvalue weighted by Crippen LogP contribution is 2.33. The van der Waals surface area contributed by atoms with Crippen LogP contribution < -0.4 is 4.72 Å². The number of nitrogens with one attached hydrogen (secondary N) is 1. The lowest BCUT2D eigenvalue weighted by Gasteiger charge is -2.25. The summed E-state index contributed by atoms with van der Waals surface area (Å²) in [5.74, 6) is 0.436. The Morgan fingerprint density at radius 3 is 2.50 bits per heavy atom. The lowest BCUT2D eigenvalue weighted by atomic mass is 10.0. The molecule has 30 heavy (non-hydrogen) atoms. The topological polar surface area (TPSA) is 79.6 Å². The zero-order chi connectivity index (χ0) is 21.1. The number of nitrogens with zero attached hydrogens (tertiary/aromatic N) is 1. The molecule has 3 aromatic rings. The second-order valence-electron chi connectivity index (χ2n) is 7.14. The van der Waals surface area contributed by atoms with E-state index < -0.39 is 10.0 Å². The van der Waals surface area contributed by atoms with Crippen molar-refractivity contribution >= 4 is 31.9 Å². The maximum Gasteiger partial charge on any atom is 0.254 e. The number of halogens is 1. The minimum atomic E-state index is -3.70. The standard InChI is InChI=1S/C22H21BrN2O4S/c23-18-9-5-16(6-10-18)21-4-1-13-25(21)22(26)17-7-11-20(12-8-17)30(27,28)24-15-19-3-2-14-29-19/h2-3,5-12,14,21,24H,1,4,13,15H2. The summed E-state index contributed by atoms with van der Waals surface area (Å²) in [6, 6.07) is 17.5. The van der Waals surface area contributed by atoms with Gasteiger partial charge < -0.3 is 9.32 Å². The number of furan rings is 1. The third-order valence-corrected chi connectivity index (χ3v) is 7.14. The molecule has 1 atom stereocenters. The number of sulfonamides is 1. The average molecular weight is 489 g/mol. The van der Waals surface area contributed by atoms with Crippen LogP contribution in [0.25, 0.3) is 0 Å². The number of benzene rings is 2. The van der Waals surface area contributed by atoms with Crippen LogP contribution in [0.3, 0.4) is 0 Å². The highest BCUT2D eigenvalue weighted by atomic mass is 79.9. The summed E-state index contributed by atoms with van der Waals surface area (Å²) in [5.41, 5.74) is 1.58. The first kappa shape index (κ1) is 20.8. The van der Waals surface area contributed by atoms with Gasteiger partial charge in [0.05, 0.1) is 23.7 Å². The Kier molecular flexibility index (Phi) is 6.08. The maximum absolute atomic E-state index is 13.1. The van der Waals surface area contributed by atoms with E-state index >= 15 is 0 Å². The van der Waals surface area contributed by atoms with Gasteiger partial charge in [0.2, 0.25) is 10.0 Å². The first-order valence-electron chi connectivity index (χ1n) is 9.62. The fourth-order valence-electron chi connectivity index (χ4n) is 3.65. The maximum atomic E-state index is 13.1. The van der Waals surface area contributed by atoms with Crippen molar-refractivity contribution in [3.05, 3.63) is 88.3 Å². The molecule has 8 heteroatoms. The van der Waals surface area contributed by atoms with Gasteiger partial charge in [0.15, 0.2) is 0 Å². The fourth-order valence-corrected chi connectivity index (χ4v) is 4.90. The van der Waals surface area contributed by atoms with Crippen LogP contribution in [0.2, 0.25) is 0 Å². The molecule has 0 radical (unpaired) electrons. The van der Waals surface area contributed by atoms with Crippen LogP contribution in [-0.2, 0) is 16.6 Å². The fraction of sp³-hybridized carbons (Fsp3) is 0.227. The first-order chi connectivity index (χ1) is 14.4. The number of carbonyl (C=O) groups excluding carboxylic acids is 1. The Hall–Kier alpha value is -2.42. The van der Waals surface area contributed by atoms with Crippen molar-refractivity contribution in [3.63, 3.8) is 0 Å². The molecule has 1 saturated heterocycles. The molecule has 2 aromatic carbocycles. The van der Waals surface area contributed by atoms with Crippen molar-refractivity contribution in [2.24, 2.45) is 0 Å². The summed E-state index contributed by atoms with van der Waals surface area (Å²) in [7, 11) is -3.70. The van der Waals surface area contributed by atoms with Gasteiger partial charge in [-0.25, -0.2) is 13.1 Å². The van der Waals surface area contributed by atoms with Crippen LogP contribution in [0.4, 0.5) is 0 Å². The van der Waals surface area contributed by atoms with Crippen molar-refractivity contribution in [3.8, 4) is 0 Å². The van der Waals surface area contributed by atoms with E-state index in [1.54, 1.807) is 24.3 Å². The molecule has 1 aliphatic rings. The number of hydrogen-bond acceptors (Lipinski definition) is 4. The molecule has 0 spiro atoms. The predicted molar refractivity (Wildman–Crippen MR) is 116 cm³/mol. The summed E-state index contributed by atoms with van der Waals surface area (Å²) < 4.78 is 33.6. The molecule has 6 nitrogen and oxygen atoms in total. The van der Waals surface area contributed by atoms with Crippen molar-refractivity contribution in [2.45, 2.75) is 30.3 Å². The second-order valence-corrected chi connectivity index (χ2v) is 9.82. The first-order valence-corrected chi connectivity index (χ1v) is 11.9. The van der Waals surface area contributed by atoms with Crippen LogP contribution in [0.15, 0.2) is 80.7 Å². The van der Waals surface area contributed by atoms with Crippen molar-refractivity contribution in [1.29, 1.82) is 0 Å². The number of hydrogen-bond donors (Lipinski definition) is 1. The van der Waals surface area contributed by atoms with Gasteiger partial charge in [-0.2, -0.15) is 0 Å². The summed E-state index contributed by atoms with van der Waals surface area (Å²) in [6.45, 7) is 0.753. The Labute approximate surface area is 184 Å². The molecule has 1 aromatic heterocycles. The van der Waals surface area contributed by atoms with E-state index in [4.69, 9.17) is 4.42 Å². The molecule has 4 rings (SSSR count). The molecular formula is C22H21BrN2O4S. The van der Waals surface area contributed by atoms with Gasteiger partial charge in [-0.3, -0.25) is 4.79 Å². The van der Waals surface area contributed by atoms with Crippen LogP contribution in [0, 0.1) is 0 Å². The molecular weight excluding hydrogens is 468 g/mol. The van der Waals surface area contributed by atoms with Gasteiger partial charge >= 0.3 is 0 Å². The van der Waals surface area contributed by atoms with E-state index in [0.717, 1.165) is 22.9 Å². The van der Waals surface area contributed by atoms with E-state index in [1.165, 1.54) is 18.4 Å². The monoisotopic (exact) mass is 488 g/mol. The second kappa shape index (κ2) is 8.75. The zero-order valence-electron chi connectivity index (χ0n) is 16.1. The largest absolute Gasteiger partial charge is 0.468 e. The Bertz CT molecular complexity index is 1110. The lowest BCUT2D eigenvalue weighted by molar-refractivity contribution is 0.0735. The van der Waals surface area contributed by atoms with E-state index in [0.29, 0.717) is 17.9 Å². The Morgan fingerprint density at radius 1 is 1.10 bits per heavy atom. The lowest BCUT2D eigenvalue weighted by Crippen LogP contribution is -2.30. The van der Waals surface area contributed by atoms with Crippen LogP contribution >= 0.6 is 15.9 Å². The summed E-state index contributed by atoms with van der Waals surface area (Å²) >= 11 is 3.44. The molecule has 156 valence electrons. The van der Waals surface area contributed by atoms with Gasteiger partial charge in [0, 0.05) is 16.6 Å². The molecule has 0 saturated carbocycles. The van der Waals surface area contributed by atoms with Crippen LogP contribution in [0.1, 0.15) is 40.6 Å². The van der Waals surface area contributed by atoms with Crippen LogP contribution in [0.5, 0.6) is 0 Å². The Balaban J connectivity index is 1.47. The predicted octanol–water partition coefficient (Wildman–Crippen LogP) is 4.50. The summed E-state index contributed by atoms with van der Waals surface area (Å²) in [6.07, 6.45) is 3.34. The molecule has 0 aliphatic carbocycles. The number of rotatable bonds is 6. The van der Waals surface area contributed by atoms with E-state index in [2.05, 4.69) is 20.7 Å². The van der Waals surface area contributed by atoms with Gasteiger partial charge in [-0.05, 0) is 66.9 Å². The van der Waals surface area contributed by atoms with E-state index in [1.807, 2.05) is 29.2 Å². The smallest absolute Gasteiger partial charge is 0.254 e. The molecule has 0 bridgehead atoms. The number of likely N-dealkylation sites (tertiary alicyclic amines) is 1. The highest BCUT2D eigenvalue weighted by molar-refractivity contribution is 9.10. The SMILES string of the molecule is O=C(c1ccc(S(=O)(=O)NCc2ccco2)cc1)N1CCCC1c1ccc(Br)cc1. The third-order valence-electron chi connectivity index (χ3n) is 5.20. The third kappa shape index (κ3) is 4.50. The molecule has 1 amide bonds. The highest BCUT2D eigenvalue weighted by Gasteiger charge is 2.30. The number of amides is 1. The average Bonchev–Trinajstić information content (AvgIpc) is 3.45. The van der Waals surface area contributed by atoms with Crippen molar-refractivity contribution < 1.29 is 17.6 Å². The minimum absolute atomic E-state index is 0.0315. The van der Waals surface area contributed by atoms with Crippen LogP contribution in [-0.4, -0.2) is 25.8 Å². The van der Waals surface area contributed by atoms with E-state index in [9.17, 15) is 13.2 Å². The Morgan fingerprint density at radius 2 is 1.83 bits per heavy atom. The van der Waals surface area contributed by atoms with Gasteiger partial charge in [0.1, 0.15) is 5.76 Å². The van der Waals surface area contributed by atoms with Crippen molar-refractivity contribution in [2.75, 3.05) is 6.54 Å². The molecule has 1 fully saturated rings. The minimum Gasteiger partial charge on any atom is -0.468 e. The van der Waals surface area contributed by atoms with Gasteiger partial charge in [0.25, 0.3) is 5.91 Å².